The molecule has 0 radical (unpaired) electrons. The normalized spacial score (nSPS) is 12.8. The van der Waals surface area contributed by atoms with Crippen LogP contribution in [0.1, 0.15) is 17.3 Å². The first-order valence-electron chi connectivity index (χ1n) is 5.68. The summed E-state index contributed by atoms with van der Waals surface area (Å²) in [5.74, 6) is 0.545. The van der Waals surface area contributed by atoms with E-state index in [0.29, 0.717) is 11.4 Å². The van der Waals surface area contributed by atoms with Gasteiger partial charge in [0.15, 0.2) is 0 Å². The number of aromatic nitrogens is 3. The van der Waals surface area contributed by atoms with Crippen LogP contribution in [-0.2, 0) is 6.54 Å². The van der Waals surface area contributed by atoms with Crippen LogP contribution in [0.4, 0.5) is 0 Å². The van der Waals surface area contributed by atoms with Crippen LogP contribution >= 0.6 is 11.8 Å². The van der Waals surface area contributed by atoms with Crippen LogP contribution in [0.25, 0.3) is 11.0 Å². The summed E-state index contributed by atoms with van der Waals surface area (Å²) in [7, 11) is 0. The minimum atomic E-state index is -0.968. The van der Waals surface area contributed by atoms with Gasteiger partial charge in [0.25, 0.3) is 0 Å². The molecule has 0 saturated heterocycles. The van der Waals surface area contributed by atoms with E-state index >= 15 is 0 Å². The van der Waals surface area contributed by atoms with Crippen molar-refractivity contribution in [1.29, 1.82) is 0 Å². The number of nitrogens with zero attached hydrogens (tertiary/aromatic N) is 3. The van der Waals surface area contributed by atoms with Crippen molar-refractivity contribution in [3.8, 4) is 0 Å². The fourth-order valence-corrected chi connectivity index (χ4v) is 2.61. The largest absolute Gasteiger partial charge is 0.478 e. The Kier molecular flexibility index (Phi) is 3.86. The third kappa shape index (κ3) is 2.48. The van der Waals surface area contributed by atoms with Gasteiger partial charge in [0.1, 0.15) is 5.52 Å². The van der Waals surface area contributed by atoms with Gasteiger partial charge in [0.2, 0.25) is 0 Å². The summed E-state index contributed by atoms with van der Waals surface area (Å²) < 4.78 is 1.78. The first-order chi connectivity index (χ1) is 8.63. The summed E-state index contributed by atoms with van der Waals surface area (Å²) in [6.07, 6.45) is 2.07. The van der Waals surface area contributed by atoms with Crippen molar-refractivity contribution >= 4 is 28.8 Å². The van der Waals surface area contributed by atoms with Crippen molar-refractivity contribution in [3.63, 3.8) is 0 Å². The number of hydrogen-bond acceptors (Lipinski definition) is 4. The average Bonchev–Trinajstić information content (AvgIpc) is 2.72. The third-order valence-corrected chi connectivity index (χ3v) is 3.61. The predicted octanol–water partition coefficient (Wildman–Crippen LogP) is 2.13. The Balaban J connectivity index is 2.37. The van der Waals surface area contributed by atoms with E-state index in [4.69, 9.17) is 5.11 Å². The molecular weight excluding hydrogens is 250 g/mol. The molecule has 5 nitrogen and oxygen atoms in total. The quantitative estimate of drug-likeness (QED) is 0.897. The second-order valence-corrected chi connectivity index (χ2v) is 5.22. The molecule has 1 atom stereocenters. The summed E-state index contributed by atoms with van der Waals surface area (Å²) in [5.41, 5.74) is 1.44. The zero-order valence-electron chi connectivity index (χ0n) is 10.3. The van der Waals surface area contributed by atoms with Crippen LogP contribution in [0.15, 0.2) is 18.2 Å². The van der Waals surface area contributed by atoms with Gasteiger partial charge in [-0.1, -0.05) is 18.2 Å². The van der Waals surface area contributed by atoms with Crippen LogP contribution in [0, 0.1) is 5.92 Å². The number of rotatable bonds is 5. The molecule has 0 amide bonds. The molecule has 0 bridgehead atoms. The fourth-order valence-electron chi connectivity index (χ4n) is 1.93. The number of carboxylic acid groups (broad SMARTS) is 1. The van der Waals surface area contributed by atoms with E-state index in [1.165, 1.54) is 0 Å². The maximum atomic E-state index is 11.1. The molecule has 1 aromatic carbocycles. The van der Waals surface area contributed by atoms with Gasteiger partial charge >= 0.3 is 5.97 Å². The fraction of sp³-hybridized carbons (Fsp3) is 0.417. The molecular formula is C12H15N3O2S. The molecule has 1 unspecified atom stereocenters. The smallest absolute Gasteiger partial charge is 0.338 e. The van der Waals surface area contributed by atoms with Gasteiger partial charge in [-0.05, 0) is 30.1 Å². The second-order valence-electron chi connectivity index (χ2n) is 4.31. The monoisotopic (exact) mass is 265 g/mol. The minimum Gasteiger partial charge on any atom is -0.478 e. The Hall–Kier alpha value is -1.56. The summed E-state index contributed by atoms with van der Waals surface area (Å²) in [6.45, 7) is 2.89. The Labute approximate surface area is 109 Å². The van der Waals surface area contributed by atoms with Gasteiger partial charge < -0.3 is 5.11 Å². The number of fused-ring (bicyclic) bond motifs is 1. The average molecular weight is 265 g/mol. The highest BCUT2D eigenvalue weighted by Crippen LogP contribution is 2.17. The lowest BCUT2D eigenvalue weighted by Gasteiger charge is -2.09. The molecule has 1 N–H and O–H groups in total. The first kappa shape index (κ1) is 12.9. The zero-order valence-corrected chi connectivity index (χ0v) is 11.1. The van der Waals surface area contributed by atoms with E-state index in [1.54, 1.807) is 28.6 Å². The van der Waals surface area contributed by atoms with Gasteiger partial charge in [-0.2, -0.15) is 11.8 Å². The van der Waals surface area contributed by atoms with Gasteiger partial charge in [0.05, 0.1) is 11.1 Å². The van der Waals surface area contributed by atoms with Crippen molar-refractivity contribution in [2.75, 3.05) is 12.0 Å². The molecule has 0 saturated carbocycles. The molecule has 1 heterocycles. The summed E-state index contributed by atoms with van der Waals surface area (Å²) in [5, 5.41) is 17.1. The molecule has 0 fully saturated rings. The summed E-state index contributed by atoms with van der Waals surface area (Å²) in [6, 6.07) is 5.13. The van der Waals surface area contributed by atoms with Crippen LogP contribution in [0.3, 0.4) is 0 Å². The second kappa shape index (κ2) is 5.39. The lowest BCUT2D eigenvalue weighted by atomic mass is 10.1. The molecule has 2 rings (SSSR count). The summed E-state index contributed by atoms with van der Waals surface area (Å²) in [4.78, 5) is 11.1. The van der Waals surface area contributed by atoms with E-state index in [0.717, 1.165) is 17.8 Å². The van der Waals surface area contributed by atoms with Gasteiger partial charge in [-0.15, -0.1) is 5.10 Å². The highest BCUT2D eigenvalue weighted by atomic mass is 32.2. The van der Waals surface area contributed by atoms with Crippen LogP contribution in [0.2, 0.25) is 0 Å². The number of benzene rings is 1. The van der Waals surface area contributed by atoms with Crippen molar-refractivity contribution in [3.05, 3.63) is 23.8 Å². The molecule has 0 aliphatic heterocycles. The molecule has 18 heavy (non-hydrogen) atoms. The SMILES string of the molecule is CSCC(C)Cn1nnc2c(C(=O)O)cccc21. The number of aromatic carboxylic acids is 1. The number of carboxylic acids is 1. The molecule has 2 aromatic rings. The van der Waals surface area contributed by atoms with E-state index in [-0.39, 0.29) is 5.56 Å². The molecule has 0 aliphatic carbocycles. The van der Waals surface area contributed by atoms with Crippen LogP contribution in [0.5, 0.6) is 0 Å². The molecule has 0 aliphatic rings. The number of hydrogen-bond donors (Lipinski definition) is 1. The Morgan fingerprint density at radius 1 is 1.56 bits per heavy atom. The van der Waals surface area contributed by atoms with Gasteiger partial charge in [-0.25, -0.2) is 9.48 Å². The molecule has 6 heteroatoms. The minimum absolute atomic E-state index is 0.205. The van der Waals surface area contributed by atoms with Gasteiger partial charge in [-0.3, -0.25) is 0 Å². The standard InChI is InChI=1S/C12H15N3O2S/c1-8(7-18-2)6-15-10-5-3-4-9(12(16)17)11(10)13-14-15/h3-5,8H,6-7H2,1-2H3,(H,16,17). The topological polar surface area (TPSA) is 68.0 Å². The Bertz CT molecular complexity index is 567. The van der Waals surface area contributed by atoms with Crippen molar-refractivity contribution in [1.82, 2.24) is 15.0 Å². The third-order valence-electron chi connectivity index (χ3n) is 2.71. The maximum Gasteiger partial charge on any atom is 0.338 e. The van der Waals surface area contributed by atoms with Crippen LogP contribution < -0.4 is 0 Å². The van der Waals surface area contributed by atoms with Crippen molar-refractivity contribution in [2.24, 2.45) is 5.92 Å². The molecule has 1 aromatic heterocycles. The first-order valence-corrected chi connectivity index (χ1v) is 7.07. The van der Waals surface area contributed by atoms with E-state index < -0.39 is 5.97 Å². The summed E-state index contributed by atoms with van der Waals surface area (Å²) >= 11 is 1.79. The number of thioether (sulfide) groups is 1. The predicted molar refractivity (Wildman–Crippen MR) is 72.0 cm³/mol. The van der Waals surface area contributed by atoms with Crippen molar-refractivity contribution < 1.29 is 9.90 Å². The lowest BCUT2D eigenvalue weighted by molar-refractivity contribution is 0.0699. The van der Waals surface area contributed by atoms with E-state index in [1.807, 2.05) is 6.07 Å². The highest BCUT2D eigenvalue weighted by molar-refractivity contribution is 7.98. The van der Waals surface area contributed by atoms with E-state index in [9.17, 15) is 4.79 Å². The van der Waals surface area contributed by atoms with Crippen molar-refractivity contribution in [2.45, 2.75) is 13.5 Å². The Morgan fingerprint density at radius 3 is 3.00 bits per heavy atom. The lowest BCUT2D eigenvalue weighted by Crippen LogP contribution is -2.11. The molecule has 0 spiro atoms. The van der Waals surface area contributed by atoms with Crippen LogP contribution in [-0.4, -0.2) is 38.1 Å². The maximum absolute atomic E-state index is 11.1. The zero-order chi connectivity index (χ0) is 13.1. The highest BCUT2D eigenvalue weighted by Gasteiger charge is 2.14. The van der Waals surface area contributed by atoms with E-state index in [2.05, 4.69) is 23.5 Å². The van der Waals surface area contributed by atoms with Gasteiger partial charge in [0, 0.05) is 6.54 Å². The Morgan fingerprint density at radius 2 is 2.33 bits per heavy atom. The number of carbonyl (C=O) groups is 1. The molecule has 96 valence electrons.